The number of aliphatic hydroxyl groups is 1. The van der Waals surface area contributed by atoms with E-state index in [4.69, 9.17) is 11.6 Å². The molecule has 98 valence electrons. The zero-order chi connectivity index (χ0) is 13.9. The van der Waals surface area contributed by atoms with Gasteiger partial charge in [0.2, 0.25) is 0 Å². The van der Waals surface area contributed by atoms with Gasteiger partial charge in [-0.15, -0.1) is 0 Å². The number of halogens is 1. The molecule has 0 bridgehead atoms. The molecule has 0 aliphatic carbocycles. The Morgan fingerprint density at radius 1 is 1.11 bits per heavy atom. The summed E-state index contributed by atoms with van der Waals surface area (Å²) >= 11 is 5.81. The second-order valence-corrected chi connectivity index (χ2v) is 5.18. The highest BCUT2D eigenvalue weighted by molar-refractivity contribution is 6.30. The molecular weight excluding hydrogens is 260 g/mol. The fourth-order valence-electron chi connectivity index (χ4n) is 1.95. The predicted molar refractivity (Wildman–Crippen MR) is 76.4 cm³/mol. The van der Waals surface area contributed by atoms with Crippen molar-refractivity contribution in [2.24, 2.45) is 0 Å². The van der Waals surface area contributed by atoms with Gasteiger partial charge in [0.05, 0.1) is 5.60 Å². The normalized spacial score (nSPS) is 13.8. The number of ketones is 1. The van der Waals surface area contributed by atoms with E-state index < -0.39 is 5.60 Å². The lowest BCUT2D eigenvalue weighted by Gasteiger charge is -2.23. The molecule has 0 heterocycles. The van der Waals surface area contributed by atoms with Crippen LogP contribution in [-0.4, -0.2) is 10.9 Å². The molecule has 0 radical (unpaired) electrons. The van der Waals surface area contributed by atoms with Crippen LogP contribution >= 0.6 is 11.6 Å². The summed E-state index contributed by atoms with van der Waals surface area (Å²) < 4.78 is 0. The van der Waals surface area contributed by atoms with Crippen molar-refractivity contribution in [3.05, 3.63) is 70.7 Å². The number of rotatable bonds is 4. The monoisotopic (exact) mass is 274 g/mol. The third kappa shape index (κ3) is 3.43. The van der Waals surface area contributed by atoms with E-state index in [1.54, 1.807) is 43.3 Å². The fourth-order valence-corrected chi connectivity index (χ4v) is 2.08. The minimum absolute atomic E-state index is 0.0403. The number of Topliss-reactive ketones (excluding diaryl/α,β-unsaturated/α-hetero) is 1. The van der Waals surface area contributed by atoms with E-state index in [0.717, 1.165) is 0 Å². The largest absolute Gasteiger partial charge is 0.385 e. The smallest absolute Gasteiger partial charge is 0.166 e. The summed E-state index contributed by atoms with van der Waals surface area (Å²) in [5, 5.41) is 11.0. The first-order valence-electron chi connectivity index (χ1n) is 6.06. The molecule has 0 fully saturated rings. The first-order chi connectivity index (χ1) is 8.99. The topological polar surface area (TPSA) is 37.3 Å². The van der Waals surface area contributed by atoms with Gasteiger partial charge in [-0.25, -0.2) is 0 Å². The quantitative estimate of drug-likeness (QED) is 0.861. The molecule has 1 unspecified atom stereocenters. The van der Waals surface area contributed by atoms with Gasteiger partial charge in [0, 0.05) is 17.0 Å². The molecule has 3 heteroatoms. The maximum Gasteiger partial charge on any atom is 0.166 e. The lowest BCUT2D eigenvalue weighted by molar-refractivity contribution is 0.0431. The van der Waals surface area contributed by atoms with E-state index in [2.05, 4.69) is 0 Å². The molecular formula is C16H15ClO2. The van der Waals surface area contributed by atoms with Crippen LogP contribution in [0.4, 0.5) is 0 Å². The Morgan fingerprint density at radius 2 is 1.68 bits per heavy atom. The van der Waals surface area contributed by atoms with E-state index in [-0.39, 0.29) is 12.2 Å². The van der Waals surface area contributed by atoms with Crippen LogP contribution in [-0.2, 0) is 5.60 Å². The zero-order valence-corrected chi connectivity index (χ0v) is 11.4. The maximum absolute atomic E-state index is 12.1. The van der Waals surface area contributed by atoms with Crippen LogP contribution < -0.4 is 0 Å². The first kappa shape index (κ1) is 13.8. The minimum Gasteiger partial charge on any atom is -0.385 e. The van der Waals surface area contributed by atoms with Gasteiger partial charge in [-0.1, -0.05) is 54.1 Å². The summed E-state index contributed by atoms with van der Waals surface area (Å²) in [5.41, 5.74) is 0.0928. The number of hydrogen-bond donors (Lipinski definition) is 1. The van der Waals surface area contributed by atoms with Crippen molar-refractivity contribution in [1.29, 1.82) is 0 Å². The van der Waals surface area contributed by atoms with Crippen LogP contribution in [0.3, 0.4) is 0 Å². The van der Waals surface area contributed by atoms with Gasteiger partial charge in [-0.3, -0.25) is 4.79 Å². The van der Waals surface area contributed by atoms with Crippen molar-refractivity contribution in [2.75, 3.05) is 0 Å². The molecule has 0 saturated heterocycles. The molecule has 2 nitrogen and oxygen atoms in total. The molecule has 2 rings (SSSR count). The van der Waals surface area contributed by atoms with Gasteiger partial charge < -0.3 is 5.11 Å². The summed E-state index contributed by atoms with van der Waals surface area (Å²) in [4.78, 5) is 12.1. The standard InChI is InChI=1S/C16H15ClO2/c1-16(19,13-7-9-14(17)10-8-13)11-15(18)12-5-3-2-4-6-12/h2-10,19H,11H2,1H3. The van der Waals surface area contributed by atoms with Crippen LogP contribution in [0.2, 0.25) is 5.02 Å². The second kappa shape index (κ2) is 5.55. The van der Waals surface area contributed by atoms with Crippen LogP contribution in [0.1, 0.15) is 29.3 Å². The highest BCUT2D eigenvalue weighted by atomic mass is 35.5. The van der Waals surface area contributed by atoms with E-state index >= 15 is 0 Å². The number of benzene rings is 2. The van der Waals surface area contributed by atoms with Crippen molar-refractivity contribution >= 4 is 17.4 Å². The average molecular weight is 275 g/mol. The van der Waals surface area contributed by atoms with Crippen molar-refractivity contribution in [3.8, 4) is 0 Å². The third-order valence-electron chi connectivity index (χ3n) is 3.07. The molecule has 0 aliphatic rings. The molecule has 1 N–H and O–H groups in total. The zero-order valence-electron chi connectivity index (χ0n) is 10.6. The predicted octanol–water partition coefficient (Wildman–Crippen LogP) is 3.82. The van der Waals surface area contributed by atoms with E-state index in [0.29, 0.717) is 16.1 Å². The van der Waals surface area contributed by atoms with Crippen LogP contribution in [0, 0.1) is 0 Å². The summed E-state index contributed by atoms with van der Waals surface area (Å²) in [5.74, 6) is -0.0828. The lowest BCUT2D eigenvalue weighted by Crippen LogP contribution is -2.25. The summed E-state index contributed by atoms with van der Waals surface area (Å²) in [6.45, 7) is 1.64. The summed E-state index contributed by atoms with van der Waals surface area (Å²) in [6.07, 6.45) is 0.0403. The number of carbonyl (C=O) groups is 1. The van der Waals surface area contributed by atoms with E-state index in [9.17, 15) is 9.90 Å². The molecule has 0 saturated carbocycles. The Hall–Kier alpha value is -1.64. The molecule has 0 aliphatic heterocycles. The Labute approximate surface area is 117 Å². The Morgan fingerprint density at radius 3 is 2.26 bits per heavy atom. The summed E-state index contributed by atoms with van der Waals surface area (Å²) in [7, 11) is 0. The Balaban J connectivity index is 2.17. The van der Waals surface area contributed by atoms with Gasteiger partial charge in [-0.05, 0) is 24.6 Å². The van der Waals surface area contributed by atoms with E-state index in [1.165, 1.54) is 0 Å². The average Bonchev–Trinajstić information content (AvgIpc) is 2.40. The van der Waals surface area contributed by atoms with Gasteiger partial charge >= 0.3 is 0 Å². The van der Waals surface area contributed by atoms with Crippen LogP contribution in [0.25, 0.3) is 0 Å². The minimum atomic E-state index is -1.20. The molecule has 2 aromatic carbocycles. The molecule has 0 amide bonds. The van der Waals surface area contributed by atoms with Gasteiger partial charge in [0.25, 0.3) is 0 Å². The molecule has 0 aromatic heterocycles. The van der Waals surface area contributed by atoms with Gasteiger partial charge in [0.1, 0.15) is 0 Å². The van der Waals surface area contributed by atoms with Crippen molar-refractivity contribution in [3.63, 3.8) is 0 Å². The maximum atomic E-state index is 12.1. The first-order valence-corrected chi connectivity index (χ1v) is 6.43. The molecule has 0 spiro atoms. The number of carbonyl (C=O) groups excluding carboxylic acids is 1. The van der Waals surface area contributed by atoms with Gasteiger partial charge in [-0.2, -0.15) is 0 Å². The highest BCUT2D eigenvalue weighted by Gasteiger charge is 2.26. The highest BCUT2D eigenvalue weighted by Crippen LogP contribution is 2.27. The summed E-state index contributed by atoms with van der Waals surface area (Å²) in [6, 6.07) is 15.9. The van der Waals surface area contributed by atoms with Crippen LogP contribution in [0.15, 0.2) is 54.6 Å². The van der Waals surface area contributed by atoms with Crippen LogP contribution in [0.5, 0.6) is 0 Å². The fraction of sp³-hybridized carbons (Fsp3) is 0.188. The molecule has 19 heavy (non-hydrogen) atoms. The van der Waals surface area contributed by atoms with Crippen molar-refractivity contribution < 1.29 is 9.90 Å². The second-order valence-electron chi connectivity index (χ2n) is 4.75. The lowest BCUT2D eigenvalue weighted by atomic mass is 9.89. The van der Waals surface area contributed by atoms with Crippen molar-refractivity contribution in [2.45, 2.75) is 18.9 Å². The van der Waals surface area contributed by atoms with Gasteiger partial charge in [0.15, 0.2) is 5.78 Å². The number of hydrogen-bond acceptors (Lipinski definition) is 2. The third-order valence-corrected chi connectivity index (χ3v) is 3.32. The van der Waals surface area contributed by atoms with Crippen molar-refractivity contribution in [1.82, 2.24) is 0 Å². The Bertz CT molecular complexity index is 559. The SMILES string of the molecule is CC(O)(CC(=O)c1ccccc1)c1ccc(Cl)cc1. The Kier molecular flexibility index (Phi) is 4.03. The molecule has 2 aromatic rings. The molecule has 1 atom stereocenters. The van der Waals surface area contributed by atoms with E-state index in [1.807, 2.05) is 18.2 Å².